The summed E-state index contributed by atoms with van der Waals surface area (Å²) < 4.78 is 47.3. The number of ether oxygens (including phenoxy) is 3. The molecule has 200 valence electrons. The lowest BCUT2D eigenvalue weighted by Gasteiger charge is -2.35. The second-order valence-corrected chi connectivity index (χ2v) is 10.7. The fourth-order valence-corrected chi connectivity index (χ4v) is 4.97. The Labute approximate surface area is 214 Å². The van der Waals surface area contributed by atoms with E-state index in [0.29, 0.717) is 19.8 Å². The first-order valence-electron chi connectivity index (χ1n) is 13.0. The summed E-state index contributed by atoms with van der Waals surface area (Å²) in [6.45, 7) is 18.0. The van der Waals surface area contributed by atoms with Gasteiger partial charge >= 0.3 is 0 Å². The van der Waals surface area contributed by atoms with Gasteiger partial charge in [0.1, 0.15) is 18.3 Å². The summed E-state index contributed by atoms with van der Waals surface area (Å²) in [6.07, 6.45) is 7.63. The fraction of sp³-hybridized carbons (Fsp3) is 0.643. The molecule has 35 heavy (non-hydrogen) atoms. The van der Waals surface area contributed by atoms with Crippen molar-refractivity contribution in [2.75, 3.05) is 32.9 Å². The first-order chi connectivity index (χ1) is 16.8. The molecule has 3 atom stereocenters. The molecular formula is C28H47NO5S. The molecule has 1 aromatic rings. The highest BCUT2D eigenvalue weighted by Crippen LogP contribution is 2.22. The number of hydrogen-bond acceptors (Lipinski definition) is 5. The quantitative estimate of drug-likeness (QED) is 0.152. The van der Waals surface area contributed by atoms with Gasteiger partial charge in [-0.3, -0.25) is 0 Å². The standard InChI is InChI=1S/C28H47NO5S/c1-7-12-20-32-26(11-5)28(34-22-14-9-3)27(33-21-13-8-2)23-29(19-10-4)35(30,31)25-17-15-24(6)16-18-25/h10-11,15-18,26-28H,4-5,7-9,12-14,19-23H2,1-3,6H3/t26-,27+,28+/m1/s1. The summed E-state index contributed by atoms with van der Waals surface area (Å²) in [4.78, 5) is 0.250. The van der Waals surface area contributed by atoms with E-state index in [1.54, 1.807) is 36.4 Å². The Morgan fingerprint density at radius 3 is 1.94 bits per heavy atom. The van der Waals surface area contributed by atoms with Gasteiger partial charge in [0.2, 0.25) is 10.0 Å². The lowest BCUT2D eigenvalue weighted by atomic mass is 10.1. The maximum atomic E-state index is 13.6. The molecule has 0 fully saturated rings. The summed E-state index contributed by atoms with van der Waals surface area (Å²) in [5, 5.41) is 0. The highest BCUT2D eigenvalue weighted by atomic mass is 32.2. The number of rotatable bonds is 21. The number of benzene rings is 1. The van der Waals surface area contributed by atoms with Gasteiger partial charge in [0.15, 0.2) is 0 Å². The van der Waals surface area contributed by atoms with E-state index in [1.165, 1.54) is 4.31 Å². The van der Waals surface area contributed by atoms with Crippen LogP contribution in [0.3, 0.4) is 0 Å². The van der Waals surface area contributed by atoms with Gasteiger partial charge in [0.25, 0.3) is 0 Å². The van der Waals surface area contributed by atoms with Crippen LogP contribution in [-0.2, 0) is 24.2 Å². The van der Waals surface area contributed by atoms with Crippen molar-refractivity contribution in [2.24, 2.45) is 0 Å². The molecule has 0 aromatic heterocycles. The minimum atomic E-state index is -3.76. The van der Waals surface area contributed by atoms with Crippen LogP contribution in [0.1, 0.15) is 64.9 Å². The van der Waals surface area contributed by atoms with Crippen molar-refractivity contribution in [3.63, 3.8) is 0 Å². The molecule has 0 spiro atoms. The van der Waals surface area contributed by atoms with E-state index < -0.39 is 28.3 Å². The molecule has 7 heteroatoms. The topological polar surface area (TPSA) is 65.1 Å². The second-order valence-electron chi connectivity index (χ2n) is 8.80. The lowest BCUT2D eigenvalue weighted by molar-refractivity contribution is -0.129. The minimum Gasteiger partial charge on any atom is -0.374 e. The van der Waals surface area contributed by atoms with Crippen molar-refractivity contribution in [3.05, 3.63) is 55.1 Å². The van der Waals surface area contributed by atoms with Crippen LogP contribution < -0.4 is 0 Å². The van der Waals surface area contributed by atoms with Gasteiger partial charge in [-0.05, 0) is 38.3 Å². The van der Waals surface area contributed by atoms with Crippen molar-refractivity contribution in [3.8, 4) is 0 Å². The third-order valence-corrected chi connectivity index (χ3v) is 7.59. The van der Waals surface area contributed by atoms with E-state index in [9.17, 15) is 8.42 Å². The van der Waals surface area contributed by atoms with E-state index >= 15 is 0 Å². The average molecular weight is 510 g/mol. The monoisotopic (exact) mass is 509 g/mol. The number of hydrogen-bond donors (Lipinski definition) is 0. The van der Waals surface area contributed by atoms with Crippen molar-refractivity contribution >= 4 is 10.0 Å². The van der Waals surface area contributed by atoms with Gasteiger partial charge in [-0.2, -0.15) is 4.31 Å². The van der Waals surface area contributed by atoms with Crippen molar-refractivity contribution < 1.29 is 22.6 Å². The smallest absolute Gasteiger partial charge is 0.243 e. The SMILES string of the molecule is C=CCN(C[C@H](OCCCC)[C@@H](OCCCC)[C@@H](C=C)OCCCC)S(=O)(=O)c1ccc(C)cc1. The van der Waals surface area contributed by atoms with Gasteiger partial charge < -0.3 is 14.2 Å². The van der Waals surface area contributed by atoms with Gasteiger partial charge in [0, 0.05) is 32.9 Å². The average Bonchev–Trinajstić information content (AvgIpc) is 2.84. The van der Waals surface area contributed by atoms with E-state index in [-0.39, 0.29) is 18.0 Å². The number of sulfonamides is 1. The predicted octanol–water partition coefficient (Wildman–Crippen LogP) is 5.91. The Bertz CT molecular complexity index is 809. The van der Waals surface area contributed by atoms with Crippen LogP contribution in [0.15, 0.2) is 54.5 Å². The number of aryl methyl sites for hydroxylation is 1. The van der Waals surface area contributed by atoms with Gasteiger partial charge in [-0.15, -0.1) is 13.2 Å². The first-order valence-corrected chi connectivity index (χ1v) is 14.4. The van der Waals surface area contributed by atoms with E-state index in [4.69, 9.17) is 14.2 Å². The zero-order chi connectivity index (χ0) is 26.1. The van der Waals surface area contributed by atoms with Crippen molar-refractivity contribution in [1.29, 1.82) is 0 Å². The molecule has 0 aliphatic carbocycles. The molecule has 6 nitrogen and oxygen atoms in total. The molecule has 0 heterocycles. The normalized spacial score (nSPS) is 14.5. The molecule has 1 aromatic carbocycles. The molecule has 0 amide bonds. The lowest BCUT2D eigenvalue weighted by Crippen LogP contribution is -2.49. The summed E-state index contributed by atoms with van der Waals surface area (Å²) in [6, 6.07) is 6.90. The first kappa shape index (κ1) is 31.5. The molecule has 0 N–H and O–H groups in total. The van der Waals surface area contributed by atoms with Crippen LogP contribution in [0.4, 0.5) is 0 Å². The number of unbranched alkanes of at least 4 members (excludes halogenated alkanes) is 3. The molecule has 1 rings (SSSR count). The van der Waals surface area contributed by atoms with Gasteiger partial charge in [-0.1, -0.05) is 69.9 Å². The largest absolute Gasteiger partial charge is 0.374 e. The summed E-state index contributed by atoms with van der Waals surface area (Å²) in [5.41, 5.74) is 1.00. The maximum absolute atomic E-state index is 13.6. The Morgan fingerprint density at radius 1 is 0.886 bits per heavy atom. The van der Waals surface area contributed by atoms with Crippen LogP contribution in [-0.4, -0.2) is 63.9 Å². The van der Waals surface area contributed by atoms with Crippen molar-refractivity contribution in [1.82, 2.24) is 4.31 Å². The van der Waals surface area contributed by atoms with E-state index in [0.717, 1.165) is 44.1 Å². The molecular weight excluding hydrogens is 462 g/mol. The van der Waals surface area contributed by atoms with Crippen molar-refractivity contribution in [2.45, 2.75) is 89.4 Å². The van der Waals surface area contributed by atoms with Gasteiger partial charge in [0.05, 0.1) is 4.90 Å². The summed E-state index contributed by atoms with van der Waals surface area (Å²) in [5.74, 6) is 0. The third kappa shape index (κ3) is 11.0. The van der Waals surface area contributed by atoms with Crippen LogP contribution in [0, 0.1) is 6.92 Å². The Hall–Kier alpha value is -1.51. The molecule has 0 aliphatic heterocycles. The zero-order valence-electron chi connectivity index (χ0n) is 22.3. The molecule has 0 bridgehead atoms. The molecule has 0 saturated carbocycles. The highest BCUT2D eigenvalue weighted by molar-refractivity contribution is 7.89. The maximum Gasteiger partial charge on any atom is 0.243 e. The second kappa shape index (κ2) is 17.8. The van der Waals surface area contributed by atoms with E-state index in [2.05, 4.69) is 33.9 Å². The Kier molecular flexibility index (Phi) is 16.1. The number of nitrogens with zero attached hydrogens (tertiary/aromatic N) is 1. The predicted molar refractivity (Wildman–Crippen MR) is 144 cm³/mol. The van der Waals surface area contributed by atoms with Gasteiger partial charge in [-0.25, -0.2) is 8.42 Å². The Morgan fingerprint density at radius 2 is 1.43 bits per heavy atom. The van der Waals surface area contributed by atoms with Crippen LogP contribution in [0.25, 0.3) is 0 Å². The van der Waals surface area contributed by atoms with Crippen LogP contribution in [0.5, 0.6) is 0 Å². The minimum absolute atomic E-state index is 0.129. The molecule has 0 aliphatic rings. The highest BCUT2D eigenvalue weighted by Gasteiger charge is 2.35. The fourth-order valence-electron chi connectivity index (χ4n) is 3.54. The third-order valence-electron chi connectivity index (χ3n) is 5.74. The molecule has 0 radical (unpaired) electrons. The summed E-state index contributed by atoms with van der Waals surface area (Å²) >= 11 is 0. The molecule has 0 saturated heterocycles. The summed E-state index contributed by atoms with van der Waals surface area (Å²) in [7, 11) is -3.76. The van der Waals surface area contributed by atoms with Crippen LogP contribution >= 0.6 is 0 Å². The zero-order valence-corrected chi connectivity index (χ0v) is 23.1. The van der Waals surface area contributed by atoms with E-state index in [1.807, 2.05) is 6.92 Å². The van der Waals surface area contributed by atoms with Crippen LogP contribution in [0.2, 0.25) is 0 Å². The molecule has 0 unspecified atom stereocenters. The Balaban J connectivity index is 3.30.